The maximum Gasteiger partial charge on any atom is 0.393 e. The van der Waals surface area contributed by atoms with Crippen molar-refractivity contribution in [2.45, 2.75) is 33.3 Å². The van der Waals surface area contributed by atoms with E-state index in [1.54, 1.807) is 0 Å². The van der Waals surface area contributed by atoms with Gasteiger partial charge in [0.1, 0.15) is 12.0 Å². The van der Waals surface area contributed by atoms with Crippen molar-refractivity contribution in [1.29, 1.82) is 0 Å². The molecule has 1 unspecified atom stereocenters. The Balaban J connectivity index is 2.30. The summed E-state index contributed by atoms with van der Waals surface area (Å²) in [6, 6.07) is 0. The molecule has 0 aromatic carbocycles. The third-order valence-corrected chi connectivity index (χ3v) is 1.97. The first-order chi connectivity index (χ1) is 6.76. The Morgan fingerprint density at radius 1 is 1.64 bits per heavy atom. The van der Waals surface area contributed by atoms with Gasteiger partial charge in [0.15, 0.2) is 0 Å². The molecule has 0 amide bonds. The maximum atomic E-state index is 8.73. The summed E-state index contributed by atoms with van der Waals surface area (Å²) in [4.78, 5) is 3.92. The SMILES string of the molecule is CCCC(C)COc1nc(CO)co1. The molecule has 0 aliphatic carbocycles. The van der Waals surface area contributed by atoms with Crippen molar-refractivity contribution >= 4 is 0 Å². The average molecular weight is 199 g/mol. The smallest absolute Gasteiger partial charge is 0.393 e. The third-order valence-electron chi connectivity index (χ3n) is 1.97. The van der Waals surface area contributed by atoms with E-state index in [1.807, 2.05) is 0 Å². The fourth-order valence-corrected chi connectivity index (χ4v) is 1.22. The predicted octanol–water partition coefficient (Wildman–Crippen LogP) is 1.98. The number of aromatic nitrogens is 1. The molecule has 0 aliphatic heterocycles. The van der Waals surface area contributed by atoms with Crippen LogP contribution in [-0.2, 0) is 6.61 Å². The summed E-state index contributed by atoms with van der Waals surface area (Å²) < 4.78 is 10.3. The Morgan fingerprint density at radius 3 is 3.00 bits per heavy atom. The van der Waals surface area contributed by atoms with Gasteiger partial charge in [-0.15, -0.1) is 0 Å². The zero-order valence-corrected chi connectivity index (χ0v) is 8.69. The molecule has 0 bridgehead atoms. The summed E-state index contributed by atoms with van der Waals surface area (Å²) in [5, 5.41) is 8.73. The highest BCUT2D eigenvalue weighted by atomic mass is 16.6. The van der Waals surface area contributed by atoms with Gasteiger partial charge in [0, 0.05) is 0 Å². The summed E-state index contributed by atoms with van der Waals surface area (Å²) in [6.45, 7) is 4.77. The first-order valence-corrected chi connectivity index (χ1v) is 4.94. The first kappa shape index (κ1) is 11.0. The Morgan fingerprint density at radius 2 is 2.43 bits per heavy atom. The molecule has 0 saturated carbocycles. The number of rotatable bonds is 6. The van der Waals surface area contributed by atoms with Gasteiger partial charge in [-0.2, -0.15) is 4.98 Å². The second kappa shape index (κ2) is 5.65. The van der Waals surface area contributed by atoms with Crippen LogP contribution in [0.5, 0.6) is 6.08 Å². The van der Waals surface area contributed by atoms with Crippen molar-refractivity contribution in [2.75, 3.05) is 6.61 Å². The van der Waals surface area contributed by atoms with Gasteiger partial charge in [-0.1, -0.05) is 20.3 Å². The van der Waals surface area contributed by atoms with Gasteiger partial charge in [-0.3, -0.25) is 0 Å². The molecule has 4 heteroatoms. The number of aliphatic hydroxyl groups excluding tert-OH is 1. The van der Waals surface area contributed by atoms with Crippen molar-refractivity contribution in [3.8, 4) is 6.08 Å². The molecule has 1 N–H and O–H groups in total. The van der Waals surface area contributed by atoms with Gasteiger partial charge in [-0.25, -0.2) is 0 Å². The van der Waals surface area contributed by atoms with Crippen LogP contribution >= 0.6 is 0 Å². The van der Waals surface area contributed by atoms with E-state index in [2.05, 4.69) is 18.8 Å². The van der Waals surface area contributed by atoms with E-state index in [-0.39, 0.29) is 12.7 Å². The van der Waals surface area contributed by atoms with Crippen molar-refractivity contribution in [3.05, 3.63) is 12.0 Å². The van der Waals surface area contributed by atoms with E-state index in [0.717, 1.165) is 12.8 Å². The topological polar surface area (TPSA) is 55.5 Å². The van der Waals surface area contributed by atoms with Gasteiger partial charge in [0.25, 0.3) is 0 Å². The van der Waals surface area contributed by atoms with E-state index in [1.165, 1.54) is 6.26 Å². The van der Waals surface area contributed by atoms with E-state index in [0.29, 0.717) is 18.2 Å². The van der Waals surface area contributed by atoms with Gasteiger partial charge in [0.2, 0.25) is 0 Å². The molecule has 0 radical (unpaired) electrons. The molecule has 1 aromatic rings. The van der Waals surface area contributed by atoms with Crippen LogP contribution in [0, 0.1) is 5.92 Å². The lowest BCUT2D eigenvalue weighted by Gasteiger charge is -2.08. The molecule has 0 saturated heterocycles. The minimum atomic E-state index is -0.114. The van der Waals surface area contributed by atoms with Crippen LogP contribution in [0.15, 0.2) is 10.7 Å². The summed E-state index contributed by atoms with van der Waals surface area (Å²) >= 11 is 0. The number of aliphatic hydroxyl groups is 1. The molecule has 0 fully saturated rings. The van der Waals surface area contributed by atoms with Crippen LogP contribution in [0.1, 0.15) is 32.4 Å². The fourth-order valence-electron chi connectivity index (χ4n) is 1.22. The van der Waals surface area contributed by atoms with Crippen molar-refractivity contribution in [2.24, 2.45) is 5.92 Å². The maximum absolute atomic E-state index is 8.73. The Hall–Kier alpha value is -1.03. The normalized spacial score (nSPS) is 12.8. The lowest BCUT2D eigenvalue weighted by Crippen LogP contribution is -2.08. The minimum absolute atomic E-state index is 0.114. The monoisotopic (exact) mass is 199 g/mol. The Kier molecular flexibility index (Phi) is 4.46. The van der Waals surface area contributed by atoms with E-state index in [4.69, 9.17) is 14.3 Å². The largest absolute Gasteiger partial charge is 0.450 e. The number of hydrogen-bond donors (Lipinski definition) is 1. The summed E-state index contributed by atoms with van der Waals surface area (Å²) in [7, 11) is 0. The van der Waals surface area contributed by atoms with E-state index >= 15 is 0 Å². The van der Waals surface area contributed by atoms with Crippen LogP contribution in [0.25, 0.3) is 0 Å². The average Bonchev–Trinajstić information content (AvgIpc) is 2.63. The van der Waals surface area contributed by atoms with Crippen LogP contribution in [-0.4, -0.2) is 16.7 Å². The molecule has 80 valence electrons. The Bertz CT molecular complexity index is 260. The standard InChI is InChI=1S/C10H17NO3/c1-3-4-8(2)6-13-10-11-9(5-12)7-14-10/h7-8,12H,3-6H2,1-2H3. The lowest BCUT2D eigenvalue weighted by atomic mass is 10.1. The fraction of sp³-hybridized carbons (Fsp3) is 0.700. The van der Waals surface area contributed by atoms with Gasteiger partial charge in [0.05, 0.1) is 13.2 Å². The summed E-state index contributed by atoms with van der Waals surface area (Å²) in [5.41, 5.74) is 0.503. The molecule has 4 nitrogen and oxygen atoms in total. The van der Waals surface area contributed by atoms with Crippen LogP contribution in [0.2, 0.25) is 0 Å². The number of oxazole rings is 1. The highest BCUT2D eigenvalue weighted by Crippen LogP contribution is 2.12. The number of ether oxygens (including phenoxy) is 1. The highest BCUT2D eigenvalue weighted by molar-refractivity contribution is 4.97. The second-order valence-corrected chi connectivity index (χ2v) is 3.47. The Labute approximate surface area is 83.9 Å². The van der Waals surface area contributed by atoms with E-state index < -0.39 is 0 Å². The van der Waals surface area contributed by atoms with Crippen molar-refractivity contribution in [1.82, 2.24) is 4.98 Å². The van der Waals surface area contributed by atoms with Crippen molar-refractivity contribution < 1.29 is 14.3 Å². The van der Waals surface area contributed by atoms with Crippen LogP contribution in [0.4, 0.5) is 0 Å². The first-order valence-electron chi connectivity index (χ1n) is 4.94. The number of hydrogen-bond acceptors (Lipinski definition) is 4. The van der Waals surface area contributed by atoms with Gasteiger partial charge in [-0.05, 0) is 12.3 Å². The third kappa shape index (κ3) is 3.38. The van der Waals surface area contributed by atoms with Crippen LogP contribution in [0.3, 0.4) is 0 Å². The molecular weight excluding hydrogens is 182 g/mol. The predicted molar refractivity (Wildman–Crippen MR) is 52.0 cm³/mol. The molecule has 1 aromatic heterocycles. The number of nitrogens with zero attached hydrogens (tertiary/aromatic N) is 1. The molecule has 1 heterocycles. The van der Waals surface area contributed by atoms with Gasteiger partial charge < -0.3 is 14.3 Å². The molecule has 1 rings (SSSR count). The summed E-state index contributed by atoms with van der Waals surface area (Å²) in [5.74, 6) is 0.504. The molecule has 14 heavy (non-hydrogen) atoms. The molecule has 0 spiro atoms. The second-order valence-electron chi connectivity index (χ2n) is 3.47. The summed E-state index contributed by atoms with van der Waals surface area (Å²) in [6.07, 6.45) is 3.93. The van der Waals surface area contributed by atoms with Crippen molar-refractivity contribution in [3.63, 3.8) is 0 Å². The zero-order chi connectivity index (χ0) is 10.4. The molecule has 0 aliphatic rings. The highest BCUT2D eigenvalue weighted by Gasteiger charge is 2.06. The van der Waals surface area contributed by atoms with Gasteiger partial charge >= 0.3 is 6.08 Å². The lowest BCUT2D eigenvalue weighted by molar-refractivity contribution is 0.190. The van der Waals surface area contributed by atoms with Crippen LogP contribution < -0.4 is 4.74 Å². The molecular formula is C10H17NO3. The quantitative estimate of drug-likeness (QED) is 0.761. The minimum Gasteiger partial charge on any atom is -0.450 e. The zero-order valence-electron chi connectivity index (χ0n) is 8.69. The molecule has 1 atom stereocenters. The van der Waals surface area contributed by atoms with E-state index in [9.17, 15) is 0 Å².